The van der Waals surface area contributed by atoms with Gasteiger partial charge < -0.3 is 9.84 Å². The highest BCUT2D eigenvalue weighted by Gasteiger charge is 2.76. The molecule has 3 fully saturated rings. The van der Waals surface area contributed by atoms with Crippen molar-refractivity contribution >= 4 is 17.5 Å². The molecule has 0 aliphatic carbocycles. The average Bonchev–Trinajstić information content (AvgIpc) is 3.16. The second kappa shape index (κ2) is 6.03. The van der Waals surface area contributed by atoms with Gasteiger partial charge in [0, 0.05) is 13.0 Å². The van der Waals surface area contributed by atoms with Gasteiger partial charge in [-0.2, -0.15) is 18.4 Å². The predicted octanol–water partition coefficient (Wildman–Crippen LogP) is 2.63. The Morgan fingerprint density at radius 3 is 2.55 bits per heavy atom. The van der Waals surface area contributed by atoms with E-state index in [0.29, 0.717) is 12.5 Å². The summed E-state index contributed by atoms with van der Waals surface area (Å²) in [5.74, 6) is -3.00. The molecule has 4 rings (SSSR count). The van der Waals surface area contributed by atoms with Crippen LogP contribution in [0.15, 0.2) is 18.2 Å². The maximum atomic E-state index is 13.3. The molecule has 0 saturated carbocycles. The van der Waals surface area contributed by atoms with Gasteiger partial charge in [-0.15, -0.1) is 0 Å². The summed E-state index contributed by atoms with van der Waals surface area (Å²) in [4.78, 5) is 27.2. The molecule has 0 radical (unpaired) electrons. The SMILES string of the molecule is C[C@H]1C[C@@]2(C)O[C@]1(CCO)[C@@H]1C(=O)N(c3ccc(C#N)c(C(F)(F)F)c3)C(=O)[C@@H]12. The summed E-state index contributed by atoms with van der Waals surface area (Å²) in [6, 6.07) is 4.30. The Balaban J connectivity index is 1.81. The van der Waals surface area contributed by atoms with Crippen LogP contribution in [0.1, 0.15) is 37.8 Å². The Morgan fingerprint density at radius 1 is 1.31 bits per heavy atom. The largest absolute Gasteiger partial charge is 0.417 e. The molecule has 3 heterocycles. The molecule has 5 atom stereocenters. The van der Waals surface area contributed by atoms with Gasteiger partial charge in [-0.25, -0.2) is 4.90 Å². The van der Waals surface area contributed by atoms with Crippen molar-refractivity contribution in [3.63, 3.8) is 0 Å². The number of fused-ring (bicyclic) bond motifs is 5. The van der Waals surface area contributed by atoms with E-state index in [1.165, 1.54) is 12.1 Å². The van der Waals surface area contributed by atoms with E-state index in [-0.39, 0.29) is 24.6 Å². The number of ether oxygens (including phenoxy) is 1. The Kier molecular flexibility index (Phi) is 4.13. The molecule has 3 saturated heterocycles. The van der Waals surface area contributed by atoms with Gasteiger partial charge in [0.15, 0.2) is 0 Å². The number of halogens is 3. The smallest absolute Gasteiger partial charge is 0.396 e. The standard InChI is InChI=1S/C20H19F3N2O4/c1-10-8-18(2)14-15(19(10,29-18)5-6-26)17(28)25(16(14)27)12-4-3-11(9-24)13(7-12)20(21,22)23/h3-4,7,10,14-15,26H,5-6,8H2,1-2H3/t10-,14+,15-,18+,19-/m0/s1. The lowest BCUT2D eigenvalue weighted by Crippen LogP contribution is -2.47. The average molecular weight is 408 g/mol. The second-order valence-electron chi connectivity index (χ2n) is 8.26. The third-order valence-corrected chi connectivity index (χ3v) is 6.65. The van der Waals surface area contributed by atoms with Crippen molar-refractivity contribution in [1.29, 1.82) is 5.26 Å². The number of alkyl halides is 3. The van der Waals surface area contributed by atoms with Gasteiger partial charge >= 0.3 is 6.18 Å². The number of aliphatic hydroxyl groups is 1. The number of carbonyl (C=O) groups excluding carboxylic acids is 2. The summed E-state index contributed by atoms with van der Waals surface area (Å²) in [6.45, 7) is 3.39. The molecule has 1 aromatic carbocycles. The minimum Gasteiger partial charge on any atom is -0.396 e. The molecule has 0 unspecified atom stereocenters. The highest BCUT2D eigenvalue weighted by Crippen LogP contribution is 2.64. The lowest BCUT2D eigenvalue weighted by Gasteiger charge is -2.35. The minimum absolute atomic E-state index is 0.0932. The first-order valence-electron chi connectivity index (χ1n) is 9.30. The lowest BCUT2D eigenvalue weighted by molar-refractivity contribution is -0.138. The number of anilines is 1. The van der Waals surface area contributed by atoms with E-state index in [2.05, 4.69) is 0 Å². The molecule has 1 N–H and O–H groups in total. The maximum absolute atomic E-state index is 13.3. The zero-order valence-electron chi connectivity index (χ0n) is 15.8. The van der Waals surface area contributed by atoms with Gasteiger partial charge in [-0.1, -0.05) is 6.92 Å². The zero-order chi connectivity index (χ0) is 21.4. The highest BCUT2D eigenvalue weighted by atomic mass is 19.4. The summed E-state index contributed by atoms with van der Waals surface area (Å²) in [6.07, 6.45) is -4.12. The van der Waals surface area contributed by atoms with Gasteiger partial charge in [0.2, 0.25) is 11.8 Å². The van der Waals surface area contributed by atoms with Crippen molar-refractivity contribution in [2.24, 2.45) is 17.8 Å². The topological polar surface area (TPSA) is 90.6 Å². The number of imide groups is 1. The van der Waals surface area contributed by atoms with Crippen LogP contribution in [-0.2, 0) is 20.5 Å². The van der Waals surface area contributed by atoms with Crippen LogP contribution >= 0.6 is 0 Å². The van der Waals surface area contributed by atoms with Crippen LogP contribution in [0.5, 0.6) is 0 Å². The number of carbonyl (C=O) groups is 2. The summed E-state index contributed by atoms with van der Waals surface area (Å²) < 4.78 is 46.2. The van der Waals surface area contributed by atoms with Crippen LogP contribution in [0, 0.1) is 29.1 Å². The van der Waals surface area contributed by atoms with Gasteiger partial charge in [-0.3, -0.25) is 9.59 Å². The Hall–Kier alpha value is -2.44. The Labute approximate surface area is 164 Å². The maximum Gasteiger partial charge on any atom is 0.417 e. The number of hydrogen-bond donors (Lipinski definition) is 1. The highest BCUT2D eigenvalue weighted by molar-refractivity contribution is 6.23. The van der Waals surface area contributed by atoms with Crippen LogP contribution in [0.25, 0.3) is 0 Å². The molecule has 0 aromatic heterocycles. The van der Waals surface area contributed by atoms with Gasteiger partial charge in [0.25, 0.3) is 0 Å². The Bertz CT molecular complexity index is 956. The summed E-state index contributed by atoms with van der Waals surface area (Å²) >= 11 is 0. The number of amides is 2. The number of hydrogen-bond acceptors (Lipinski definition) is 5. The first-order chi connectivity index (χ1) is 13.5. The fourth-order valence-electron chi connectivity index (χ4n) is 5.58. The molecule has 29 heavy (non-hydrogen) atoms. The zero-order valence-corrected chi connectivity index (χ0v) is 15.8. The molecule has 3 aliphatic heterocycles. The normalized spacial score (nSPS) is 35.9. The fraction of sp³-hybridized carbons (Fsp3) is 0.550. The van der Waals surface area contributed by atoms with Crippen LogP contribution in [0.4, 0.5) is 18.9 Å². The fourth-order valence-corrected chi connectivity index (χ4v) is 5.58. The molecular formula is C20H19F3N2O4. The van der Waals surface area contributed by atoms with Crippen molar-refractivity contribution < 1.29 is 32.6 Å². The van der Waals surface area contributed by atoms with E-state index >= 15 is 0 Å². The third kappa shape index (κ3) is 2.49. The molecule has 1 aromatic rings. The monoisotopic (exact) mass is 408 g/mol. The molecule has 6 nitrogen and oxygen atoms in total. The molecule has 9 heteroatoms. The van der Waals surface area contributed by atoms with Crippen LogP contribution in [-0.4, -0.2) is 34.7 Å². The molecular weight excluding hydrogens is 389 g/mol. The van der Waals surface area contributed by atoms with E-state index in [1.807, 2.05) is 6.92 Å². The third-order valence-electron chi connectivity index (χ3n) is 6.65. The van der Waals surface area contributed by atoms with Crippen molar-refractivity contribution in [2.45, 2.75) is 44.1 Å². The van der Waals surface area contributed by atoms with E-state index in [4.69, 9.17) is 10.00 Å². The van der Waals surface area contributed by atoms with Crippen molar-refractivity contribution in [1.82, 2.24) is 0 Å². The molecule has 2 amide bonds. The van der Waals surface area contributed by atoms with E-state index in [1.54, 1.807) is 6.92 Å². The summed E-state index contributed by atoms with van der Waals surface area (Å²) in [5.41, 5.74) is -3.93. The number of aliphatic hydroxyl groups excluding tert-OH is 1. The van der Waals surface area contributed by atoms with Crippen LogP contribution in [0.3, 0.4) is 0 Å². The van der Waals surface area contributed by atoms with Gasteiger partial charge in [0.1, 0.15) is 0 Å². The number of nitrogens with zero attached hydrogens (tertiary/aromatic N) is 2. The van der Waals surface area contributed by atoms with Crippen molar-refractivity contribution in [3.8, 4) is 6.07 Å². The minimum atomic E-state index is -4.80. The second-order valence-corrected chi connectivity index (χ2v) is 8.26. The van der Waals surface area contributed by atoms with E-state index < -0.39 is 52.2 Å². The lowest BCUT2D eigenvalue weighted by atomic mass is 9.63. The summed E-state index contributed by atoms with van der Waals surface area (Å²) in [7, 11) is 0. The first-order valence-corrected chi connectivity index (χ1v) is 9.30. The van der Waals surface area contributed by atoms with Crippen molar-refractivity contribution in [3.05, 3.63) is 29.3 Å². The van der Waals surface area contributed by atoms with E-state index in [0.717, 1.165) is 11.0 Å². The first kappa shape index (κ1) is 19.9. The Morgan fingerprint density at radius 2 is 1.97 bits per heavy atom. The quantitative estimate of drug-likeness (QED) is 0.777. The summed E-state index contributed by atoms with van der Waals surface area (Å²) in [5, 5.41) is 18.5. The van der Waals surface area contributed by atoms with Crippen molar-refractivity contribution in [2.75, 3.05) is 11.5 Å². The molecule has 3 aliphatic rings. The number of rotatable bonds is 3. The van der Waals surface area contributed by atoms with Gasteiger partial charge in [0.05, 0.1) is 45.9 Å². The number of nitriles is 1. The molecule has 2 bridgehead atoms. The number of benzene rings is 1. The molecule has 0 spiro atoms. The van der Waals surface area contributed by atoms with E-state index in [9.17, 15) is 27.9 Å². The van der Waals surface area contributed by atoms with Crippen LogP contribution in [0.2, 0.25) is 0 Å². The van der Waals surface area contributed by atoms with Gasteiger partial charge in [-0.05, 0) is 37.5 Å². The molecule has 154 valence electrons. The van der Waals surface area contributed by atoms with Crippen LogP contribution < -0.4 is 4.90 Å². The predicted molar refractivity (Wildman–Crippen MR) is 93.3 cm³/mol.